The predicted molar refractivity (Wildman–Crippen MR) is 139 cm³/mol. The molecule has 1 heterocycles. The lowest BCUT2D eigenvalue weighted by Crippen LogP contribution is -2.25. The van der Waals surface area contributed by atoms with Crippen LogP contribution in [0, 0.1) is 0 Å². The van der Waals surface area contributed by atoms with Crippen LogP contribution in [0.25, 0.3) is 11.1 Å². The van der Waals surface area contributed by atoms with Crippen molar-refractivity contribution in [3.63, 3.8) is 0 Å². The number of carbonyl (C=O) groups is 1. The van der Waals surface area contributed by atoms with E-state index in [1.807, 2.05) is 30.3 Å². The van der Waals surface area contributed by atoms with E-state index in [0.29, 0.717) is 28.3 Å². The van der Waals surface area contributed by atoms with Crippen LogP contribution in [0.15, 0.2) is 103 Å². The molecule has 6 heteroatoms. The summed E-state index contributed by atoms with van der Waals surface area (Å²) in [5.74, 6) is 0.0803. The highest BCUT2D eigenvalue weighted by atomic mass is 19.4. The van der Waals surface area contributed by atoms with Crippen LogP contribution in [0.5, 0.6) is 0 Å². The third-order valence-corrected chi connectivity index (χ3v) is 6.85. The number of rotatable bonds is 5. The Labute approximate surface area is 214 Å². The van der Waals surface area contributed by atoms with Crippen molar-refractivity contribution in [1.29, 1.82) is 0 Å². The third-order valence-electron chi connectivity index (χ3n) is 6.85. The number of piperidine rings is 1. The molecular weight excluding hydrogens is 473 g/mol. The van der Waals surface area contributed by atoms with Crippen LogP contribution in [0.1, 0.15) is 51.8 Å². The van der Waals surface area contributed by atoms with E-state index in [-0.39, 0.29) is 11.9 Å². The Morgan fingerprint density at radius 1 is 0.784 bits per heavy atom. The highest BCUT2D eigenvalue weighted by molar-refractivity contribution is 6.08. The van der Waals surface area contributed by atoms with Gasteiger partial charge in [0, 0.05) is 17.8 Å². The van der Waals surface area contributed by atoms with Gasteiger partial charge in [0.25, 0.3) is 5.91 Å². The molecule has 1 amide bonds. The monoisotopic (exact) mass is 499 g/mol. The Morgan fingerprint density at radius 3 is 2.16 bits per heavy atom. The fraction of sp³-hybridized carbons (Fsp3) is 0.194. The van der Waals surface area contributed by atoms with Crippen molar-refractivity contribution >= 4 is 11.6 Å². The summed E-state index contributed by atoms with van der Waals surface area (Å²) in [6, 6.07) is 30.2. The number of hydrogen-bond acceptors (Lipinski definition) is 1. The van der Waals surface area contributed by atoms with Crippen molar-refractivity contribution in [2.45, 2.75) is 31.0 Å². The molecule has 3 nitrogen and oxygen atoms in total. The Morgan fingerprint density at radius 2 is 1.46 bits per heavy atom. The van der Waals surface area contributed by atoms with Crippen LogP contribution in [0.2, 0.25) is 0 Å². The molecule has 1 N–H and O–H groups in total. The first-order valence-electron chi connectivity index (χ1n) is 12.3. The van der Waals surface area contributed by atoms with Crippen molar-refractivity contribution in [2.75, 3.05) is 11.9 Å². The second-order valence-corrected chi connectivity index (χ2v) is 9.25. The summed E-state index contributed by atoms with van der Waals surface area (Å²) in [6.45, 7) is 0.823. The van der Waals surface area contributed by atoms with Gasteiger partial charge in [-0.1, -0.05) is 72.8 Å². The summed E-state index contributed by atoms with van der Waals surface area (Å²) in [5, 5.41) is 7.73. The van der Waals surface area contributed by atoms with Crippen LogP contribution in [0.3, 0.4) is 0 Å². The highest BCUT2D eigenvalue weighted by Gasteiger charge is 2.30. The lowest BCUT2D eigenvalue weighted by Gasteiger charge is -2.29. The first-order chi connectivity index (χ1) is 17.9. The second-order valence-electron chi connectivity index (χ2n) is 9.25. The number of anilines is 1. The Hall–Kier alpha value is -3.90. The van der Waals surface area contributed by atoms with Gasteiger partial charge in [-0.05, 0) is 71.3 Å². The first-order valence-corrected chi connectivity index (χ1v) is 12.3. The largest absolute Gasteiger partial charge is 0.416 e. The molecule has 0 saturated carbocycles. The van der Waals surface area contributed by atoms with Gasteiger partial charge in [-0.3, -0.25) is 4.79 Å². The van der Waals surface area contributed by atoms with Gasteiger partial charge in [-0.15, -0.1) is 0 Å². The molecule has 1 aliphatic rings. The lowest BCUT2D eigenvalue weighted by atomic mass is 9.84. The minimum Gasteiger partial charge on any atom is -0.322 e. The van der Waals surface area contributed by atoms with Crippen molar-refractivity contribution in [3.8, 4) is 11.1 Å². The molecule has 1 radical (unpaired) electrons. The summed E-state index contributed by atoms with van der Waals surface area (Å²) in [7, 11) is 0. The molecule has 187 valence electrons. The molecule has 37 heavy (non-hydrogen) atoms. The van der Waals surface area contributed by atoms with Crippen molar-refractivity contribution in [1.82, 2.24) is 5.32 Å². The van der Waals surface area contributed by atoms with E-state index < -0.39 is 11.7 Å². The van der Waals surface area contributed by atoms with Gasteiger partial charge in [0.05, 0.1) is 11.6 Å². The summed E-state index contributed by atoms with van der Waals surface area (Å²) >= 11 is 0. The zero-order chi connectivity index (χ0) is 25.8. The van der Waals surface area contributed by atoms with E-state index in [0.717, 1.165) is 31.5 Å². The number of amides is 1. The van der Waals surface area contributed by atoms with Crippen molar-refractivity contribution in [3.05, 3.63) is 125 Å². The minimum atomic E-state index is -4.41. The molecule has 0 aromatic heterocycles. The maximum absolute atomic E-state index is 13.1. The topological polar surface area (TPSA) is 43.2 Å². The first kappa shape index (κ1) is 24.8. The summed E-state index contributed by atoms with van der Waals surface area (Å²) in [6.07, 6.45) is -2.46. The van der Waals surface area contributed by atoms with Crippen LogP contribution in [-0.4, -0.2) is 12.5 Å². The number of hydrogen-bond donors (Lipinski definition) is 1. The molecule has 2 unspecified atom stereocenters. The number of nitrogens with one attached hydrogen (secondary N) is 1. The minimum absolute atomic E-state index is 0.195. The molecule has 0 spiro atoms. The van der Waals surface area contributed by atoms with Gasteiger partial charge in [0.15, 0.2) is 0 Å². The van der Waals surface area contributed by atoms with E-state index in [2.05, 4.69) is 29.6 Å². The molecule has 5 rings (SSSR count). The second kappa shape index (κ2) is 10.6. The zero-order valence-electron chi connectivity index (χ0n) is 20.1. The van der Waals surface area contributed by atoms with Gasteiger partial charge in [0.1, 0.15) is 0 Å². The smallest absolute Gasteiger partial charge is 0.322 e. The van der Waals surface area contributed by atoms with Gasteiger partial charge in [-0.25, -0.2) is 5.32 Å². The van der Waals surface area contributed by atoms with E-state index in [9.17, 15) is 18.0 Å². The molecule has 0 aliphatic carbocycles. The SMILES string of the molecule is O=C(Nc1ccc(C2CC[N]C(c3ccccc3)C2)cc1)c1ccccc1-c1ccc(C(F)(F)F)cc1. The molecule has 0 bridgehead atoms. The fourth-order valence-corrected chi connectivity index (χ4v) is 4.88. The van der Waals surface area contributed by atoms with Gasteiger partial charge in [-0.2, -0.15) is 13.2 Å². The number of alkyl halides is 3. The lowest BCUT2D eigenvalue weighted by molar-refractivity contribution is -0.137. The number of carbonyl (C=O) groups excluding carboxylic acids is 1. The van der Waals surface area contributed by atoms with Gasteiger partial charge in [0.2, 0.25) is 0 Å². The maximum atomic E-state index is 13.1. The van der Waals surface area contributed by atoms with Crippen LogP contribution >= 0.6 is 0 Å². The Kier molecular flexibility index (Phi) is 7.10. The van der Waals surface area contributed by atoms with Crippen LogP contribution < -0.4 is 10.6 Å². The quantitative estimate of drug-likeness (QED) is 0.299. The highest BCUT2D eigenvalue weighted by Crippen LogP contribution is 2.36. The summed E-state index contributed by atoms with van der Waals surface area (Å²) in [5.41, 5.74) is 3.91. The van der Waals surface area contributed by atoms with Crippen molar-refractivity contribution in [2.24, 2.45) is 0 Å². The fourth-order valence-electron chi connectivity index (χ4n) is 4.88. The van der Waals surface area contributed by atoms with E-state index in [4.69, 9.17) is 5.32 Å². The van der Waals surface area contributed by atoms with Gasteiger partial charge >= 0.3 is 6.18 Å². The summed E-state index contributed by atoms with van der Waals surface area (Å²) in [4.78, 5) is 13.1. The zero-order valence-corrected chi connectivity index (χ0v) is 20.1. The molecule has 1 saturated heterocycles. The van der Waals surface area contributed by atoms with E-state index >= 15 is 0 Å². The average Bonchev–Trinajstić information content (AvgIpc) is 2.93. The predicted octanol–water partition coefficient (Wildman–Crippen LogP) is 7.85. The molecule has 1 fully saturated rings. The number of nitrogens with zero attached hydrogens (tertiary/aromatic N) is 1. The number of halogens is 3. The Bertz CT molecular complexity index is 1350. The standard InChI is InChI=1S/C31H26F3N2O/c32-31(33,34)25-14-10-22(11-15-25)27-8-4-5-9-28(27)30(37)36-26-16-12-21(13-17-26)24-18-19-35-29(20-24)23-6-2-1-3-7-23/h1-17,24,29H,18-20H2,(H,36,37). The summed E-state index contributed by atoms with van der Waals surface area (Å²) < 4.78 is 38.8. The molecule has 4 aromatic carbocycles. The van der Waals surface area contributed by atoms with Crippen LogP contribution in [-0.2, 0) is 6.18 Å². The van der Waals surface area contributed by atoms with Crippen LogP contribution in [0.4, 0.5) is 18.9 Å². The molecule has 1 aliphatic heterocycles. The normalized spacial score (nSPS) is 17.8. The average molecular weight is 500 g/mol. The van der Waals surface area contributed by atoms with E-state index in [1.54, 1.807) is 24.3 Å². The third kappa shape index (κ3) is 5.75. The molecular formula is C31H26F3N2O. The molecule has 4 aromatic rings. The number of benzene rings is 4. The van der Waals surface area contributed by atoms with Crippen molar-refractivity contribution < 1.29 is 18.0 Å². The maximum Gasteiger partial charge on any atom is 0.416 e. The van der Waals surface area contributed by atoms with E-state index in [1.165, 1.54) is 23.3 Å². The molecule has 2 atom stereocenters. The van der Waals surface area contributed by atoms with Gasteiger partial charge < -0.3 is 5.32 Å². The Balaban J connectivity index is 1.29.